The maximum atomic E-state index is 13.2. The molecule has 7 heteroatoms. The van der Waals surface area contributed by atoms with Gasteiger partial charge in [0.25, 0.3) is 0 Å². The first-order valence-corrected chi connectivity index (χ1v) is 12.0. The molecule has 2 aliphatic heterocycles. The Labute approximate surface area is 188 Å². The highest BCUT2D eigenvalue weighted by Gasteiger charge is 2.38. The third-order valence-electron chi connectivity index (χ3n) is 5.94. The average molecular weight is 440 g/mol. The van der Waals surface area contributed by atoms with E-state index < -0.39 is 0 Å². The van der Waals surface area contributed by atoms with Crippen molar-refractivity contribution in [2.45, 2.75) is 18.2 Å². The van der Waals surface area contributed by atoms with Crippen LogP contribution in [0.4, 0.5) is 11.4 Å². The van der Waals surface area contributed by atoms with Crippen molar-refractivity contribution in [3.8, 4) is 5.75 Å². The number of thioether (sulfide) groups is 1. The van der Waals surface area contributed by atoms with Crippen LogP contribution < -0.4 is 14.5 Å². The van der Waals surface area contributed by atoms with E-state index in [9.17, 15) is 9.59 Å². The minimum atomic E-state index is -0.271. The molecular weight excluding hydrogens is 410 g/mol. The summed E-state index contributed by atoms with van der Waals surface area (Å²) in [6.07, 6.45) is 2.30. The first kappa shape index (κ1) is 21.6. The minimum absolute atomic E-state index is 0.0286. The van der Waals surface area contributed by atoms with Crippen LogP contribution in [-0.4, -0.2) is 62.3 Å². The predicted molar refractivity (Wildman–Crippen MR) is 125 cm³/mol. The molecule has 0 aromatic heterocycles. The van der Waals surface area contributed by atoms with Crippen molar-refractivity contribution >= 4 is 35.0 Å². The van der Waals surface area contributed by atoms with Crippen molar-refractivity contribution in [3.63, 3.8) is 0 Å². The highest BCUT2D eigenvalue weighted by Crippen LogP contribution is 2.31. The first-order chi connectivity index (χ1) is 15.1. The molecule has 2 fully saturated rings. The van der Waals surface area contributed by atoms with E-state index in [1.165, 1.54) is 0 Å². The molecule has 2 aromatic carbocycles. The molecule has 0 bridgehead atoms. The summed E-state index contributed by atoms with van der Waals surface area (Å²) in [6.45, 7) is 5.91. The molecule has 2 saturated heterocycles. The summed E-state index contributed by atoms with van der Waals surface area (Å²) >= 11 is 1.65. The topological polar surface area (TPSA) is 53.1 Å². The maximum absolute atomic E-state index is 13.2. The first-order valence-electron chi connectivity index (χ1n) is 10.8. The number of piperazine rings is 1. The number of rotatable bonds is 6. The summed E-state index contributed by atoms with van der Waals surface area (Å²) in [7, 11) is 0. The van der Waals surface area contributed by atoms with E-state index in [1.807, 2.05) is 60.5 Å². The fourth-order valence-corrected chi connectivity index (χ4v) is 4.78. The molecule has 2 aromatic rings. The van der Waals surface area contributed by atoms with Crippen molar-refractivity contribution in [1.82, 2.24) is 4.90 Å². The van der Waals surface area contributed by atoms with Gasteiger partial charge in [-0.2, -0.15) is 0 Å². The maximum Gasteiger partial charge on any atom is 0.228 e. The van der Waals surface area contributed by atoms with E-state index in [0.717, 1.165) is 35.1 Å². The van der Waals surface area contributed by atoms with Gasteiger partial charge in [-0.3, -0.25) is 9.59 Å². The highest BCUT2D eigenvalue weighted by atomic mass is 32.2. The Morgan fingerprint density at radius 1 is 1.10 bits per heavy atom. The molecule has 164 valence electrons. The van der Waals surface area contributed by atoms with E-state index >= 15 is 0 Å². The fourth-order valence-electron chi connectivity index (χ4n) is 4.32. The van der Waals surface area contributed by atoms with Crippen LogP contribution in [0, 0.1) is 5.92 Å². The molecule has 6 nitrogen and oxygen atoms in total. The van der Waals surface area contributed by atoms with E-state index in [1.54, 1.807) is 16.7 Å². The van der Waals surface area contributed by atoms with E-state index in [4.69, 9.17) is 4.74 Å². The van der Waals surface area contributed by atoms with Gasteiger partial charge >= 0.3 is 0 Å². The fraction of sp³-hybridized carbons (Fsp3) is 0.417. The highest BCUT2D eigenvalue weighted by molar-refractivity contribution is 7.98. The number of amides is 2. The van der Waals surface area contributed by atoms with Crippen LogP contribution in [-0.2, 0) is 9.59 Å². The molecule has 0 unspecified atom stereocenters. The molecule has 0 aliphatic carbocycles. The molecule has 2 heterocycles. The summed E-state index contributed by atoms with van der Waals surface area (Å²) < 4.78 is 5.76. The number of ether oxygens (including phenoxy) is 1. The minimum Gasteiger partial charge on any atom is -0.492 e. The van der Waals surface area contributed by atoms with Gasteiger partial charge in [0.2, 0.25) is 11.8 Å². The second-order valence-corrected chi connectivity index (χ2v) is 8.70. The Balaban J connectivity index is 1.37. The monoisotopic (exact) mass is 439 g/mol. The number of carbonyl (C=O) groups excluding carboxylic acids is 2. The second-order valence-electron chi connectivity index (χ2n) is 7.82. The number of para-hydroxylation sites is 2. The lowest BCUT2D eigenvalue weighted by Crippen LogP contribution is -2.50. The van der Waals surface area contributed by atoms with E-state index in [-0.39, 0.29) is 24.2 Å². The molecule has 0 saturated carbocycles. The van der Waals surface area contributed by atoms with Crippen molar-refractivity contribution in [1.29, 1.82) is 0 Å². The lowest BCUT2D eigenvalue weighted by atomic mass is 10.1. The smallest absolute Gasteiger partial charge is 0.228 e. The number of anilines is 2. The number of carbonyl (C=O) groups is 2. The number of hydrogen-bond acceptors (Lipinski definition) is 5. The summed E-state index contributed by atoms with van der Waals surface area (Å²) in [5.41, 5.74) is 1.96. The SMILES string of the molecule is CCOc1ccccc1N1CCN(C(=O)[C@H]2CC(=O)N(c3cccc(SC)c3)C2)CC1. The van der Waals surface area contributed by atoms with Crippen LogP contribution >= 0.6 is 11.8 Å². The second kappa shape index (κ2) is 9.64. The third-order valence-corrected chi connectivity index (χ3v) is 6.66. The standard InChI is InChI=1S/C24H29N3O3S/c1-3-30-22-10-5-4-9-21(22)25-11-13-26(14-12-25)24(29)18-15-23(28)27(17-18)19-7-6-8-20(16-19)31-2/h4-10,16,18H,3,11-15,17H2,1-2H3/t18-/m0/s1. The Morgan fingerprint density at radius 3 is 2.61 bits per heavy atom. The lowest BCUT2D eigenvalue weighted by molar-refractivity contribution is -0.136. The Kier molecular flexibility index (Phi) is 6.70. The molecular formula is C24H29N3O3S. The van der Waals surface area contributed by atoms with Gasteiger partial charge < -0.3 is 19.4 Å². The molecule has 2 aliphatic rings. The molecule has 0 spiro atoms. The summed E-state index contributed by atoms with van der Waals surface area (Å²) in [6, 6.07) is 16.0. The molecule has 1 atom stereocenters. The lowest BCUT2D eigenvalue weighted by Gasteiger charge is -2.37. The van der Waals surface area contributed by atoms with Gasteiger partial charge in [-0.15, -0.1) is 11.8 Å². The average Bonchev–Trinajstić information content (AvgIpc) is 3.21. The van der Waals surface area contributed by atoms with Gasteiger partial charge in [-0.1, -0.05) is 18.2 Å². The largest absolute Gasteiger partial charge is 0.492 e. The Morgan fingerprint density at radius 2 is 1.87 bits per heavy atom. The predicted octanol–water partition coefficient (Wildman–Crippen LogP) is 3.51. The number of nitrogens with zero attached hydrogens (tertiary/aromatic N) is 3. The van der Waals surface area contributed by atoms with Crippen LogP contribution in [0.2, 0.25) is 0 Å². The van der Waals surface area contributed by atoms with Crippen molar-refractivity contribution < 1.29 is 14.3 Å². The van der Waals surface area contributed by atoms with Crippen LogP contribution in [0.25, 0.3) is 0 Å². The summed E-state index contributed by atoms with van der Waals surface area (Å²) in [5, 5.41) is 0. The van der Waals surface area contributed by atoms with Crippen LogP contribution in [0.5, 0.6) is 5.75 Å². The molecule has 31 heavy (non-hydrogen) atoms. The van der Waals surface area contributed by atoms with Crippen molar-refractivity contribution in [2.75, 3.05) is 55.4 Å². The number of benzene rings is 2. The molecule has 0 radical (unpaired) electrons. The molecule has 0 N–H and O–H groups in total. The Bertz CT molecular complexity index is 943. The van der Waals surface area contributed by atoms with Gasteiger partial charge in [-0.25, -0.2) is 0 Å². The zero-order valence-corrected chi connectivity index (χ0v) is 18.9. The van der Waals surface area contributed by atoms with E-state index in [0.29, 0.717) is 26.2 Å². The van der Waals surface area contributed by atoms with Gasteiger partial charge in [0, 0.05) is 49.7 Å². The third kappa shape index (κ3) is 4.66. The normalized spacial score (nSPS) is 19.1. The van der Waals surface area contributed by atoms with Crippen LogP contribution in [0.3, 0.4) is 0 Å². The summed E-state index contributed by atoms with van der Waals surface area (Å²) in [4.78, 5) is 32.9. The van der Waals surface area contributed by atoms with Crippen molar-refractivity contribution in [3.05, 3.63) is 48.5 Å². The van der Waals surface area contributed by atoms with E-state index in [2.05, 4.69) is 11.0 Å². The molecule has 2 amide bonds. The summed E-state index contributed by atoms with van der Waals surface area (Å²) in [5.74, 6) is 0.734. The van der Waals surface area contributed by atoms with Gasteiger partial charge in [0.05, 0.1) is 18.2 Å². The zero-order valence-electron chi connectivity index (χ0n) is 18.1. The van der Waals surface area contributed by atoms with Gasteiger partial charge in [0.1, 0.15) is 5.75 Å². The Hall–Kier alpha value is -2.67. The van der Waals surface area contributed by atoms with Crippen molar-refractivity contribution in [2.24, 2.45) is 5.92 Å². The quantitative estimate of drug-likeness (QED) is 0.645. The van der Waals surface area contributed by atoms with Gasteiger partial charge in [0.15, 0.2) is 0 Å². The van der Waals surface area contributed by atoms with Gasteiger partial charge in [-0.05, 0) is 43.5 Å². The number of hydrogen-bond donors (Lipinski definition) is 0. The molecule has 4 rings (SSSR count). The van der Waals surface area contributed by atoms with Crippen LogP contribution in [0.1, 0.15) is 13.3 Å². The zero-order chi connectivity index (χ0) is 21.8. The van der Waals surface area contributed by atoms with Crippen LogP contribution in [0.15, 0.2) is 53.4 Å².